The minimum absolute atomic E-state index is 0.694. The number of rotatable bonds is 4. The smallest absolute Gasteiger partial charge is 0.225 e. The van der Waals surface area contributed by atoms with Gasteiger partial charge in [-0.2, -0.15) is 4.98 Å². The van der Waals surface area contributed by atoms with Crippen molar-refractivity contribution in [2.75, 3.05) is 16.8 Å². The Hall–Kier alpha value is -2.88. The first-order valence-electron chi connectivity index (χ1n) is 9.14. The molecular weight excluding hydrogens is 320 g/mol. The standard InChI is InChI=1S/C22H24N4/c1-16-7-9-18(10-8-16)14-23-22-24-17(2)13-21(25-22)26-12-11-19-5-3-4-6-20(19)15-26/h3-10,13H,11-12,14-15H2,1-2H3,(H,23,24,25). The van der Waals surface area contributed by atoms with Gasteiger partial charge in [0, 0.05) is 31.4 Å². The first-order valence-corrected chi connectivity index (χ1v) is 9.14. The highest BCUT2D eigenvalue weighted by Gasteiger charge is 2.18. The van der Waals surface area contributed by atoms with Gasteiger partial charge in [0.25, 0.3) is 0 Å². The van der Waals surface area contributed by atoms with Crippen molar-refractivity contribution in [2.45, 2.75) is 33.4 Å². The lowest BCUT2D eigenvalue weighted by Crippen LogP contribution is -2.31. The maximum absolute atomic E-state index is 4.77. The summed E-state index contributed by atoms with van der Waals surface area (Å²) >= 11 is 0. The van der Waals surface area contributed by atoms with Crippen LogP contribution in [0.3, 0.4) is 0 Å². The molecule has 0 spiro atoms. The van der Waals surface area contributed by atoms with Crippen LogP contribution in [0, 0.1) is 13.8 Å². The molecule has 3 aromatic rings. The van der Waals surface area contributed by atoms with Crippen molar-refractivity contribution in [3.05, 3.63) is 82.5 Å². The molecule has 0 amide bonds. The van der Waals surface area contributed by atoms with E-state index < -0.39 is 0 Å². The number of benzene rings is 2. The topological polar surface area (TPSA) is 41.1 Å². The second-order valence-electron chi connectivity index (χ2n) is 6.97. The summed E-state index contributed by atoms with van der Waals surface area (Å²) in [5.41, 5.74) is 6.33. The molecule has 2 aromatic carbocycles. The Balaban J connectivity index is 1.50. The molecule has 0 saturated heterocycles. The highest BCUT2D eigenvalue weighted by molar-refractivity contribution is 5.48. The number of aromatic nitrogens is 2. The molecule has 1 N–H and O–H groups in total. The van der Waals surface area contributed by atoms with Crippen molar-refractivity contribution < 1.29 is 0 Å². The van der Waals surface area contributed by atoms with E-state index in [2.05, 4.69) is 76.7 Å². The van der Waals surface area contributed by atoms with Gasteiger partial charge in [-0.1, -0.05) is 54.1 Å². The Bertz CT molecular complexity index is 902. The fourth-order valence-corrected chi connectivity index (χ4v) is 3.37. The summed E-state index contributed by atoms with van der Waals surface area (Å²) in [6, 6.07) is 19.3. The predicted molar refractivity (Wildman–Crippen MR) is 106 cm³/mol. The largest absolute Gasteiger partial charge is 0.352 e. The Morgan fingerprint density at radius 3 is 2.54 bits per heavy atom. The molecule has 0 saturated carbocycles. The van der Waals surface area contributed by atoms with Crippen LogP contribution in [0.2, 0.25) is 0 Å². The molecule has 0 radical (unpaired) electrons. The van der Waals surface area contributed by atoms with E-state index in [-0.39, 0.29) is 0 Å². The normalized spacial score (nSPS) is 13.4. The van der Waals surface area contributed by atoms with Crippen LogP contribution in [0.15, 0.2) is 54.6 Å². The van der Waals surface area contributed by atoms with Crippen molar-refractivity contribution in [3.8, 4) is 0 Å². The Kier molecular flexibility index (Phi) is 4.57. The van der Waals surface area contributed by atoms with Gasteiger partial charge in [-0.05, 0) is 37.0 Å². The molecule has 4 heteroatoms. The number of nitrogens with one attached hydrogen (secondary N) is 1. The van der Waals surface area contributed by atoms with Crippen molar-refractivity contribution >= 4 is 11.8 Å². The summed E-state index contributed by atoms with van der Waals surface area (Å²) in [5, 5.41) is 3.37. The highest BCUT2D eigenvalue weighted by Crippen LogP contribution is 2.24. The van der Waals surface area contributed by atoms with Crippen molar-refractivity contribution in [1.29, 1.82) is 0 Å². The van der Waals surface area contributed by atoms with Gasteiger partial charge >= 0.3 is 0 Å². The first kappa shape index (κ1) is 16.6. The molecular formula is C22H24N4. The van der Waals surface area contributed by atoms with Crippen LogP contribution in [0.5, 0.6) is 0 Å². The van der Waals surface area contributed by atoms with Crippen LogP contribution in [0.1, 0.15) is 27.9 Å². The molecule has 1 aliphatic heterocycles. The van der Waals surface area contributed by atoms with Gasteiger partial charge in [0.05, 0.1) is 0 Å². The summed E-state index contributed by atoms with van der Waals surface area (Å²) in [6.07, 6.45) is 1.06. The van der Waals surface area contributed by atoms with Crippen LogP contribution < -0.4 is 10.2 Å². The lowest BCUT2D eigenvalue weighted by atomic mass is 10.00. The highest BCUT2D eigenvalue weighted by atomic mass is 15.2. The third-order valence-electron chi connectivity index (χ3n) is 4.87. The molecule has 0 fully saturated rings. The van der Waals surface area contributed by atoms with Gasteiger partial charge in [0.1, 0.15) is 5.82 Å². The van der Waals surface area contributed by atoms with Gasteiger partial charge in [0.2, 0.25) is 5.95 Å². The first-order chi connectivity index (χ1) is 12.7. The maximum Gasteiger partial charge on any atom is 0.225 e. The summed E-state index contributed by atoms with van der Waals surface area (Å²) in [6.45, 7) is 6.75. The maximum atomic E-state index is 4.77. The fraction of sp³-hybridized carbons (Fsp3) is 0.273. The van der Waals surface area contributed by atoms with E-state index in [1.165, 1.54) is 22.3 Å². The molecule has 0 unspecified atom stereocenters. The molecule has 132 valence electrons. The van der Waals surface area contributed by atoms with Gasteiger partial charge in [-0.15, -0.1) is 0 Å². The van der Waals surface area contributed by atoms with E-state index in [0.717, 1.165) is 37.6 Å². The lowest BCUT2D eigenvalue weighted by Gasteiger charge is -2.30. The van der Waals surface area contributed by atoms with E-state index in [0.29, 0.717) is 5.95 Å². The predicted octanol–water partition coefficient (Wildman–Crippen LogP) is 4.27. The summed E-state index contributed by atoms with van der Waals surface area (Å²) in [7, 11) is 0. The quantitative estimate of drug-likeness (QED) is 0.767. The van der Waals surface area contributed by atoms with E-state index in [9.17, 15) is 0 Å². The van der Waals surface area contributed by atoms with E-state index in [1.807, 2.05) is 6.92 Å². The van der Waals surface area contributed by atoms with Gasteiger partial charge in [-0.3, -0.25) is 0 Å². The zero-order valence-corrected chi connectivity index (χ0v) is 15.4. The number of fused-ring (bicyclic) bond motifs is 1. The Morgan fingerprint density at radius 1 is 0.962 bits per heavy atom. The van der Waals surface area contributed by atoms with Crippen LogP contribution in [-0.4, -0.2) is 16.5 Å². The summed E-state index contributed by atoms with van der Waals surface area (Å²) in [5.74, 6) is 1.69. The van der Waals surface area contributed by atoms with Crippen LogP contribution in [0.4, 0.5) is 11.8 Å². The SMILES string of the molecule is Cc1ccc(CNc2nc(C)cc(N3CCc4ccccc4C3)n2)cc1. The molecule has 4 rings (SSSR count). The van der Waals surface area contributed by atoms with E-state index >= 15 is 0 Å². The molecule has 1 aliphatic rings. The second kappa shape index (κ2) is 7.16. The van der Waals surface area contributed by atoms with Crippen LogP contribution in [0.25, 0.3) is 0 Å². The fourth-order valence-electron chi connectivity index (χ4n) is 3.37. The molecule has 0 atom stereocenters. The molecule has 2 heterocycles. The summed E-state index contributed by atoms with van der Waals surface area (Å²) < 4.78 is 0. The van der Waals surface area contributed by atoms with Gasteiger partial charge in [0.15, 0.2) is 0 Å². The lowest BCUT2D eigenvalue weighted by molar-refractivity contribution is 0.718. The number of hydrogen-bond acceptors (Lipinski definition) is 4. The number of anilines is 2. The van der Waals surface area contributed by atoms with Gasteiger partial charge in [-0.25, -0.2) is 4.98 Å². The Morgan fingerprint density at radius 2 is 1.73 bits per heavy atom. The molecule has 26 heavy (non-hydrogen) atoms. The van der Waals surface area contributed by atoms with Crippen molar-refractivity contribution in [1.82, 2.24) is 9.97 Å². The average Bonchev–Trinajstić information content (AvgIpc) is 2.67. The third-order valence-corrected chi connectivity index (χ3v) is 4.87. The minimum Gasteiger partial charge on any atom is -0.352 e. The monoisotopic (exact) mass is 344 g/mol. The molecule has 0 aliphatic carbocycles. The molecule has 0 bridgehead atoms. The second-order valence-corrected chi connectivity index (χ2v) is 6.97. The van der Waals surface area contributed by atoms with E-state index in [1.54, 1.807) is 0 Å². The third kappa shape index (κ3) is 3.69. The number of nitrogens with zero attached hydrogens (tertiary/aromatic N) is 3. The molecule has 4 nitrogen and oxygen atoms in total. The van der Waals surface area contributed by atoms with Gasteiger partial charge < -0.3 is 10.2 Å². The summed E-state index contributed by atoms with van der Waals surface area (Å²) in [4.78, 5) is 11.7. The van der Waals surface area contributed by atoms with Crippen molar-refractivity contribution in [2.24, 2.45) is 0 Å². The Labute approximate surface area is 154 Å². The zero-order chi connectivity index (χ0) is 17.9. The molecule has 1 aromatic heterocycles. The van der Waals surface area contributed by atoms with E-state index in [4.69, 9.17) is 4.98 Å². The number of aryl methyl sites for hydroxylation is 2. The minimum atomic E-state index is 0.694. The zero-order valence-electron chi connectivity index (χ0n) is 15.4. The van der Waals surface area contributed by atoms with Crippen LogP contribution in [-0.2, 0) is 19.5 Å². The van der Waals surface area contributed by atoms with Crippen LogP contribution >= 0.6 is 0 Å². The van der Waals surface area contributed by atoms with Crippen molar-refractivity contribution in [3.63, 3.8) is 0 Å². The average molecular weight is 344 g/mol. The number of hydrogen-bond donors (Lipinski definition) is 1.